The van der Waals surface area contributed by atoms with Crippen LogP contribution in [0.5, 0.6) is 0 Å². The molecule has 8 heavy (non-hydrogen) atoms. The number of terminal acetylenes is 1. The maximum absolute atomic E-state index is 9.68. The molecule has 0 aliphatic carbocycles. The fraction of sp³-hybridized carbons (Fsp3) is 0. The average molecular weight is 130 g/mol. The molecule has 0 bridgehead atoms. The molecule has 0 aromatic heterocycles. The zero-order valence-corrected chi connectivity index (χ0v) is 4.57. The van der Waals surface area contributed by atoms with Crippen molar-refractivity contribution in [3.05, 3.63) is 0 Å². The third-order valence-electron chi connectivity index (χ3n) is 0.252. The average Bonchev–Trinajstić information content (AvgIpc) is 1.59. The van der Waals surface area contributed by atoms with Gasteiger partial charge in [0.25, 0.3) is 0 Å². The lowest BCUT2D eigenvalue weighted by Crippen LogP contribution is -1.88. The summed E-state index contributed by atoms with van der Waals surface area (Å²) in [7, 11) is -4.19. The Balaban J connectivity index is 4.42. The molecule has 0 rings (SSSR count). The molecule has 0 aromatic rings. The molecule has 0 atom stereocenters. The molecule has 3 nitrogen and oxygen atoms in total. The molecule has 0 spiro atoms. The summed E-state index contributed by atoms with van der Waals surface area (Å²) in [5, 5.41) is 1.41. The second-order valence-corrected chi connectivity index (χ2v) is 2.00. The summed E-state index contributed by atoms with van der Waals surface area (Å²) in [6.07, 6.45) is 4.54. The van der Waals surface area contributed by atoms with Crippen LogP contribution >= 0.6 is 0 Å². The van der Waals surface area contributed by atoms with Crippen LogP contribution in [-0.4, -0.2) is 13.0 Å². The molecule has 0 saturated heterocycles. The van der Waals surface area contributed by atoms with E-state index in [-0.39, 0.29) is 0 Å². The fourth-order valence-corrected chi connectivity index (χ4v) is 0.282. The number of rotatable bonds is 0. The van der Waals surface area contributed by atoms with E-state index in [1.807, 2.05) is 0 Å². The molecule has 0 radical (unpaired) electrons. The summed E-state index contributed by atoms with van der Waals surface area (Å²) in [5.74, 6) is 3.45. The van der Waals surface area contributed by atoms with Gasteiger partial charge in [-0.3, -0.25) is 4.55 Å². The first kappa shape index (κ1) is 7.03. The Bertz CT molecular complexity index is 256. The van der Waals surface area contributed by atoms with E-state index in [4.69, 9.17) is 4.55 Å². The van der Waals surface area contributed by atoms with E-state index in [1.165, 1.54) is 5.25 Å². The van der Waals surface area contributed by atoms with E-state index in [1.54, 1.807) is 11.8 Å². The summed E-state index contributed by atoms with van der Waals surface area (Å²) in [4.78, 5) is 0. The summed E-state index contributed by atoms with van der Waals surface area (Å²) < 4.78 is 27.2. The van der Waals surface area contributed by atoms with Crippen LogP contribution in [0.1, 0.15) is 0 Å². The van der Waals surface area contributed by atoms with Crippen molar-refractivity contribution in [1.29, 1.82) is 0 Å². The van der Waals surface area contributed by atoms with Crippen molar-refractivity contribution in [2.45, 2.75) is 0 Å². The summed E-state index contributed by atoms with van der Waals surface area (Å²) in [5.41, 5.74) is 0. The van der Waals surface area contributed by atoms with Crippen LogP contribution in [0, 0.1) is 23.5 Å². The normalized spacial score (nSPS) is 8.50. The lowest BCUT2D eigenvalue weighted by molar-refractivity contribution is 0.496. The molecular weight excluding hydrogens is 128 g/mol. The molecular formula is C4H2O3S. The van der Waals surface area contributed by atoms with Crippen LogP contribution in [0.25, 0.3) is 0 Å². The van der Waals surface area contributed by atoms with Gasteiger partial charge in [-0.25, -0.2) is 0 Å². The Morgan fingerprint density at radius 3 is 2.12 bits per heavy atom. The van der Waals surface area contributed by atoms with Crippen molar-refractivity contribution in [1.82, 2.24) is 0 Å². The first-order valence-electron chi connectivity index (χ1n) is 1.51. The zero-order valence-electron chi connectivity index (χ0n) is 3.75. The van der Waals surface area contributed by atoms with Crippen molar-refractivity contribution in [2.75, 3.05) is 0 Å². The lowest BCUT2D eigenvalue weighted by atomic mass is 10.7. The molecule has 4 heteroatoms. The second-order valence-electron chi connectivity index (χ2n) is 0.846. The van der Waals surface area contributed by atoms with Gasteiger partial charge in [0.05, 0.1) is 5.25 Å². The van der Waals surface area contributed by atoms with Crippen molar-refractivity contribution in [3.63, 3.8) is 0 Å². The topological polar surface area (TPSA) is 54.4 Å². The summed E-state index contributed by atoms with van der Waals surface area (Å²) >= 11 is 0. The van der Waals surface area contributed by atoms with Crippen LogP contribution in [0.3, 0.4) is 0 Å². The molecule has 0 aliphatic heterocycles. The fourth-order valence-electron chi connectivity index (χ4n) is 0.0940. The Kier molecular flexibility index (Phi) is 2.08. The molecule has 0 aromatic carbocycles. The highest BCUT2D eigenvalue weighted by Crippen LogP contribution is 1.71. The largest absolute Gasteiger partial charge is 0.336 e. The third-order valence-corrected chi connectivity index (χ3v) is 0.612. The summed E-state index contributed by atoms with van der Waals surface area (Å²) in [6, 6.07) is 0. The predicted octanol–water partition coefficient (Wildman–Crippen LogP) is -0.532. The first-order chi connectivity index (χ1) is 3.56. The van der Waals surface area contributed by atoms with E-state index < -0.39 is 10.1 Å². The second kappa shape index (κ2) is 2.37. The van der Waals surface area contributed by atoms with Gasteiger partial charge in [0, 0.05) is 5.92 Å². The Morgan fingerprint density at radius 1 is 1.50 bits per heavy atom. The van der Waals surface area contributed by atoms with E-state index >= 15 is 0 Å². The van der Waals surface area contributed by atoms with Crippen LogP contribution in [0.15, 0.2) is 0 Å². The van der Waals surface area contributed by atoms with Crippen LogP contribution in [0.2, 0.25) is 0 Å². The van der Waals surface area contributed by atoms with Crippen LogP contribution in [0.4, 0.5) is 0 Å². The highest BCUT2D eigenvalue weighted by Gasteiger charge is 1.91. The molecule has 0 heterocycles. The smallest absolute Gasteiger partial charge is 0.276 e. The van der Waals surface area contributed by atoms with Gasteiger partial charge in [0.15, 0.2) is 0 Å². The molecule has 1 N–H and O–H groups in total. The van der Waals surface area contributed by atoms with E-state index in [2.05, 4.69) is 6.42 Å². The third kappa shape index (κ3) is 5.03. The minimum atomic E-state index is -4.19. The van der Waals surface area contributed by atoms with Crippen LogP contribution in [-0.2, 0) is 10.1 Å². The molecule has 0 fully saturated rings. The Labute approximate surface area is 47.5 Å². The molecule has 0 aliphatic rings. The van der Waals surface area contributed by atoms with Gasteiger partial charge >= 0.3 is 10.1 Å². The molecule has 0 saturated carbocycles. The maximum atomic E-state index is 9.68. The minimum Gasteiger partial charge on any atom is -0.276 e. The van der Waals surface area contributed by atoms with Gasteiger partial charge < -0.3 is 0 Å². The monoisotopic (exact) mass is 130 g/mol. The molecule has 0 unspecified atom stereocenters. The van der Waals surface area contributed by atoms with Crippen molar-refractivity contribution >= 4 is 10.1 Å². The zero-order chi connectivity index (χ0) is 6.62. The van der Waals surface area contributed by atoms with Crippen molar-refractivity contribution < 1.29 is 13.0 Å². The highest BCUT2D eigenvalue weighted by molar-refractivity contribution is 7.90. The predicted molar refractivity (Wildman–Crippen MR) is 28.2 cm³/mol. The highest BCUT2D eigenvalue weighted by atomic mass is 32.2. The van der Waals surface area contributed by atoms with Crippen molar-refractivity contribution in [3.8, 4) is 23.5 Å². The van der Waals surface area contributed by atoms with E-state index in [0.29, 0.717) is 0 Å². The lowest BCUT2D eigenvalue weighted by Gasteiger charge is -1.71. The van der Waals surface area contributed by atoms with Gasteiger partial charge in [0.1, 0.15) is 0 Å². The first-order valence-corrected chi connectivity index (χ1v) is 2.95. The molecule has 42 valence electrons. The number of hydrogen-bond acceptors (Lipinski definition) is 2. The van der Waals surface area contributed by atoms with E-state index in [9.17, 15) is 8.42 Å². The van der Waals surface area contributed by atoms with E-state index in [0.717, 1.165) is 0 Å². The van der Waals surface area contributed by atoms with Crippen LogP contribution < -0.4 is 0 Å². The van der Waals surface area contributed by atoms with Gasteiger partial charge in [-0.1, -0.05) is 0 Å². The van der Waals surface area contributed by atoms with Gasteiger partial charge in [0.2, 0.25) is 0 Å². The standard InChI is InChI=1S/C4H2O3S/c1-2-3-4-8(5,6)7/h1H,(H,5,6,7). The Morgan fingerprint density at radius 2 is 2.00 bits per heavy atom. The number of hydrogen-bond donors (Lipinski definition) is 1. The minimum absolute atomic E-state index is 1.41. The van der Waals surface area contributed by atoms with Gasteiger partial charge in [-0.05, 0) is 5.92 Å². The SMILES string of the molecule is C#CC#CS(=O)(=O)O. The van der Waals surface area contributed by atoms with Gasteiger partial charge in [-0.15, -0.1) is 6.42 Å². The quantitative estimate of drug-likeness (QED) is 0.354. The maximum Gasteiger partial charge on any atom is 0.336 e. The van der Waals surface area contributed by atoms with Crippen molar-refractivity contribution in [2.24, 2.45) is 0 Å². The van der Waals surface area contributed by atoms with Gasteiger partial charge in [-0.2, -0.15) is 8.42 Å². The Hall–Kier alpha value is -0.970. The summed E-state index contributed by atoms with van der Waals surface area (Å²) in [6.45, 7) is 0. The molecule has 0 amide bonds.